The first-order chi connectivity index (χ1) is 15.6. The summed E-state index contributed by atoms with van der Waals surface area (Å²) in [5, 5.41) is 2.84. The van der Waals surface area contributed by atoms with Crippen LogP contribution in [0.15, 0.2) is 77.7 Å². The number of anilines is 2. The van der Waals surface area contributed by atoms with Crippen molar-refractivity contribution < 1.29 is 19.1 Å². The van der Waals surface area contributed by atoms with Gasteiger partial charge in [0.15, 0.2) is 11.5 Å². The summed E-state index contributed by atoms with van der Waals surface area (Å²) in [5.41, 5.74) is 2.42. The average molecular weight is 449 g/mol. The lowest BCUT2D eigenvalue weighted by Gasteiger charge is -2.22. The number of rotatable bonds is 6. The highest BCUT2D eigenvalue weighted by Crippen LogP contribution is 2.45. The molecule has 0 radical (unpaired) electrons. The number of methoxy groups -OCH3 is 2. The number of thioether (sulfide) groups is 1. The second kappa shape index (κ2) is 9.78. The highest BCUT2D eigenvalue weighted by molar-refractivity contribution is 7.99. The van der Waals surface area contributed by atoms with Crippen LogP contribution in [0.25, 0.3) is 0 Å². The number of para-hydroxylation sites is 1. The van der Waals surface area contributed by atoms with E-state index in [1.165, 1.54) is 7.11 Å². The van der Waals surface area contributed by atoms with Gasteiger partial charge in [-0.25, -0.2) is 0 Å². The molecule has 3 aromatic carbocycles. The number of carbonyl (C=O) groups excluding carboxylic acids is 2. The highest BCUT2D eigenvalue weighted by Gasteiger charge is 2.30. The van der Waals surface area contributed by atoms with Gasteiger partial charge in [-0.1, -0.05) is 42.5 Å². The van der Waals surface area contributed by atoms with Gasteiger partial charge in [0.05, 0.1) is 19.9 Å². The lowest BCUT2D eigenvalue weighted by molar-refractivity contribution is -0.121. The van der Waals surface area contributed by atoms with E-state index in [0.29, 0.717) is 23.6 Å². The molecule has 0 aliphatic carbocycles. The summed E-state index contributed by atoms with van der Waals surface area (Å²) < 4.78 is 10.5. The summed E-state index contributed by atoms with van der Waals surface area (Å²) in [6.45, 7) is -0.0771. The van der Waals surface area contributed by atoms with Crippen molar-refractivity contribution in [2.75, 3.05) is 31.0 Å². The van der Waals surface area contributed by atoms with Gasteiger partial charge < -0.3 is 19.7 Å². The quantitative estimate of drug-likeness (QED) is 0.580. The Hall–Kier alpha value is -3.45. The van der Waals surface area contributed by atoms with Crippen molar-refractivity contribution in [1.29, 1.82) is 0 Å². The van der Waals surface area contributed by atoms with Crippen molar-refractivity contribution >= 4 is 35.0 Å². The largest absolute Gasteiger partial charge is 0.493 e. The molecule has 3 aromatic rings. The first-order valence-corrected chi connectivity index (χ1v) is 11.1. The zero-order chi connectivity index (χ0) is 22.5. The monoisotopic (exact) mass is 448 g/mol. The molecule has 4 rings (SSSR count). The van der Waals surface area contributed by atoms with Crippen molar-refractivity contribution in [3.05, 3.63) is 78.4 Å². The summed E-state index contributed by atoms with van der Waals surface area (Å²) in [7, 11) is 3.09. The minimum atomic E-state index is -0.288. The predicted octanol–water partition coefficient (Wildman–Crippen LogP) is 4.91. The molecule has 0 fully saturated rings. The second-order valence-corrected chi connectivity index (χ2v) is 8.53. The Morgan fingerprint density at radius 2 is 1.72 bits per heavy atom. The molecule has 0 saturated carbocycles. The predicted molar refractivity (Wildman–Crippen MR) is 127 cm³/mol. The average Bonchev–Trinajstić information content (AvgIpc) is 2.96. The molecule has 1 N–H and O–H groups in total. The van der Waals surface area contributed by atoms with Crippen LogP contribution in [0.2, 0.25) is 0 Å². The smallest absolute Gasteiger partial charge is 0.244 e. The maximum Gasteiger partial charge on any atom is 0.244 e. The van der Waals surface area contributed by atoms with Crippen LogP contribution in [-0.4, -0.2) is 32.6 Å². The van der Waals surface area contributed by atoms with Crippen LogP contribution >= 0.6 is 11.8 Å². The molecule has 0 bridgehead atoms. The van der Waals surface area contributed by atoms with Gasteiger partial charge in [-0.05, 0) is 29.8 Å². The molecule has 0 unspecified atom stereocenters. The van der Waals surface area contributed by atoms with Crippen LogP contribution in [0.1, 0.15) is 17.2 Å². The van der Waals surface area contributed by atoms with Crippen LogP contribution in [0.5, 0.6) is 11.5 Å². The van der Waals surface area contributed by atoms with Gasteiger partial charge in [0.25, 0.3) is 0 Å². The maximum absolute atomic E-state index is 13.2. The number of fused-ring (bicyclic) bond motifs is 1. The number of benzene rings is 3. The van der Waals surface area contributed by atoms with Crippen molar-refractivity contribution in [3.8, 4) is 11.5 Å². The number of amides is 2. The molecule has 1 aliphatic rings. The lowest BCUT2D eigenvalue weighted by Crippen LogP contribution is -2.38. The van der Waals surface area contributed by atoms with Gasteiger partial charge in [-0.3, -0.25) is 9.59 Å². The Kier molecular flexibility index (Phi) is 6.66. The number of nitrogens with zero attached hydrogens (tertiary/aromatic N) is 1. The van der Waals surface area contributed by atoms with Crippen LogP contribution in [0.4, 0.5) is 11.4 Å². The zero-order valence-corrected chi connectivity index (χ0v) is 18.7. The van der Waals surface area contributed by atoms with Crippen molar-refractivity contribution in [3.63, 3.8) is 0 Å². The first kappa shape index (κ1) is 21.8. The van der Waals surface area contributed by atoms with Crippen LogP contribution in [-0.2, 0) is 9.59 Å². The topological polar surface area (TPSA) is 67.9 Å². The van der Waals surface area contributed by atoms with Crippen LogP contribution in [0.3, 0.4) is 0 Å². The number of hydrogen-bond acceptors (Lipinski definition) is 5. The van der Waals surface area contributed by atoms with Gasteiger partial charge in [0.2, 0.25) is 11.8 Å². The number of hydrogen-bond donors (Lipinski definition) is 1. The zero-order valence-electron chi connectivity index (χ0n) is 17.9. The minimum absolute atomic E-state index is 0.0104. The third-order valence-electron chi connectivity index (χ3n) is 5.23. The Balaban J connectivity index is 1.55. The van der Waals surface area contributed by atoms with Gasteiger partial charge in [0, 0.05) is 28.3 Å². The Morgan fingerprint density at radius 1 is 1.00 bits per heavy atom. The lowest BCUT2D eigenvalue weighted by atomic mass is 10.1. The summed E-state index contributed by atoms with van der Waals surface area (Å²) in [4.78, 5) is 28.6. The number of nitrogens with one attached hydrogen (secondary N) is 1. The standard InChI is InChI=1S/C25H24N2O4S/c1-30-20-13-12-18(14-21(20)31-2)26-24(28)16-27-19-10-6-7-11-22(19)32-23(15-25(27)29)17-8-4-3-5-9-17/h3-14,23H,15-16H2,1-2H3,(H,26,28)/t23-/m1/s1. The SMILES string of the molecule is COc1ccc(NC(=O)CN2C(=O)C[C@H](c3ccccc3)Sc3ccccc32)cc1OC. The maximum atomic E-state index is 13.2. The number of ether oxygens (including phenoxy) is 2. The Bertz CT molecular complexity index is 1120. The fourth-order valence-electron chi connectivity index (χ4n) is 3.66. The van der Waals surface area contributed by atoms with Crippen molar-refractivity contribution in [2.24, 2.45) is 0 Å². The molecular formula is C25H24N2O4S. The minimum Gasteiger partial charge on any atom is -0.493 e. The molecular weight excluding hydrogens is 424 g/mol. The van der Waals surface area contributed by atoms with E-state index in [1.807, 2.05) is 54.6 Å². The van der Waals surface area contributed by atoms with E-state index in [-0.39, 0.29) is 23.6 Å². The first-order valence-electron chi connectivity index (χ1n) is 10.2. The molecule has 1 heterocycles. The summed E-state index contributed by atoms with van der Waals surface area (Å²) in [5.74, 6) is 0.719. The highest BCUT2D eigenvalue weighted by atomic mass is 32.2. The van der Waals surface area contributed by atoms with Crippen LogP contribution in [0, 0.1) is 0 Å². The Morgan fingerprint density at radius 3 is 2.47 bits per heavy atom. The molecule has 6 nitrogen and oxygen atoms in total. The van der Waals surface area contributed by atoms with Gasteiger partial charge in [-0.15, -0.1) is 11.8 Å². The van der Waals surface area contributed by atoms with Gasteiger partial charge in [0.1, 0.15) is 6.54 Å². The Labute approximate surface area is 191 Å². The molecule has 7 heteroatoms. The molecule has 0 saturated heterocycles. The summed E-state index contributed by atoms with van der Waals surface area (Å²) >= 11 is 1.65. The fraction of sp³-hybridized carbons (Fsp3) is 0.200. The summed E-state index contributed by atoms with van der Waals surface area (Å²) in [6.07, 6.45) is 0.312. The number of carbonyl (C=O) groups is 2. The van der Waals surface area contributed by atoms with E-state index < -0.39 is 0 Å². The van der Waals surface area contributed by atoms with Gasteiger partial charge >= 0.3 is 0 Å². The fourth-order valence-corrected chi connectivity index (χ4v) is 4.94. The molecule has 1 atom stereocenters. The van der Waals surface area contributed by atoms with Gasteiger partial charge in [-0.2, -0.15) is 0 Å². The summed E-state index contributed by atoms with van der Waals surface area (Å²) in [6, 6.07) is 22.9. The molecule has 0 aromatic heterocycles. The third kappa shape index (κ3) is 4.73. The van der Waals surface area contributed by atoms with E-state index in [4.69, 9.17) is 9.47 Å². The molecule has 0 spiro atoms. The second-order valence-electron chi connectivity index (χ2n) is 7.29. The van der Waals surface area contributed by atoms with E-state index in [2.05, 4.69) is 5.32 Å². The van der Waals surface area contributed by atoms with E-state index >= 15 is 0 Å². The normalized spacial score (nSPS) is 15.5. The van der Waals surface area contributed by atoms with Crippen molar-refractivity contribution in [1.82, 2.24) is 0 Å². The van der Waals surface area contributed by atoms with E-state index in [9.17, 15) is 9.59 Å². The molecule has 32 heavy (non-hydrogen) atoms. The van der Waals surface area contributed by atoms with Crippen LogP contribution < -0.4 is 19.7 Å². The molecule has 1 aliphatic heterocycles. The molecule has 164 valence electrons. The van der Waals surface area contributed by atoms with Crippen molar-refractivity contribution in [2.45, 2.75) is 16.6 Å². The van der Waals surface area contributed by atoms with E-state index in [1.54, 1.807) is 42.0 Å². The van der Waals surface area contributed by atoms with E-state index in [0.717, 1.165) is 16.1 Å². The third-order valence-corrected chi connectivity index (χ3v) is 6.55. The molecule has 2 amide bonds.